The van der Waals surface area contributed by atoms with Crippen LogP contribution in [0.25, 0.3) is 10.8 Å². The molecule has 0 radical (unpaired) electrons. The van der Waals surface area contributed by atoms with E-state index in [0.717, 1.165) is 22.3 Å². The number of nitrogens with zero attached hydrogens (tertiary/aromatic N) is 3. The summed E-state index contributed by atoms with van der Waals surface area (Å²) in [6, 6.07) is 7.79. The van der Waals surface area contributed by atoms with Crippen LogP contribution >= 0.6 is 0 Å². The second-order valence-corrected chi connectivity index (χ2v) is 3.95. The third-order valence-corrected chi connectivity index (χ3v) is 2.79. The van der Waals surface area contributed by atoms with Crippen molar-refractivity contribution in [2.45, 2.75) is 6.54 Å². The predicted molar refractivity (Wildman–Crippen MR) is 69.9 cm³/mol. The number of anilines is 1. The molecule has 0 aliphatic heterocycles. The van der Waals surface area contributed by atoms with E-state index >= 15 is 0 Å². The maximum atomic E-state index is 5.21. The molecule has 0 aliphatic carbocycles. The van der Waals surface area contributed by atoms with Crippen LogP contribution in [-0.2, 0) is 6.54 Å². The first-order valence-corrected chi connectivity index (χ1v) is 5.79. The minimum Gasteiger partial charge on any atom is -0.497 e. The van der Waals surface area contributed by atoms with E-state index in [1.807, 2.05) is 24.3 Å². The summed E-state index contributed by atoms with van der Waals surface area (Å²) in [5.74, 6) is 2.19. The zero-order valence-electron chi connectivity index (χ0n) is 10.3. The molecule has 1 aromatic carbocycles. The Morgan fingerprint density at radius 2 is 2.21 bits per heavy atom. The Morgan fingerprint density at radius 1 is 1.26 bits per heavy atom. The molecule has 2 heterocycles. The van der Waals surface area contributed by atoms with E-state index in [-0.39, 0.29) is 0 Å². The fraction of sp³-hybridized carbons (Fsp3) is 0.154. The molecule has 6 nitrogen and oxygen atoms in total. The predicted octanol–water partition coefficient (Wildman–Crippen LogP) is 2.24. The lowest BCUT2D eigenvalue weighted by molar-refractivity contribution is 0.411. The summed E-state index contributed by atoms with van der Waals surface area (Å²) < 4.78 is 9.89. The third kappa shape index (κ3) is 2.33. The van der Waals surface area contributed by atoms with E-state index in [4.69, 9.17) is 4.74 Å². The molecule has 3 aromatic rings. The largest absolute Gasteiger partial charge is 0.497 e. The van der Waals surface area contributed by atoms with Gasteiger partial charge in [-0.2, -0.15) is 4.98 Å². The minimum absolute atomic E-state index is 0.467. The molecule has 96 valence electrons. The summed E-state index contributed by atoms with van der Waals surface area (Å²) in [6.45, 7) is 0.467. The average molecular weight is 256 g/mol. The number of hydrogen-bond acceptors (Lipinski definition) is 6. The van der Waals surface area contributed by atoms with Crippen LogP contribution in [0.3, 0.4) is 0 Å². The average Bonchev–Trinajstić information content (AvgIpc) is 2.97. The molecule has 0 bridgehead atoms. The Bertz CT molecular complexity index is 682. The van der Waals surface area contributed by atoms with Gasteiger partial charge in [0.15, 0.2) is 5.82 Å². The van der Waals surface area contributed by atoms with Gasteiger partial charge in [-0.1, -0.05) is 5.16 Å². The first-order valence-electron chi connectivity index (χ1n) is 5.79. The highest BCUT2D eigenvalue weighted by atomic mass is 16.5. The Morgan fingerprint density at radius 3 is 3.00 bits per heavy atom. The highest BCUT2D eigenvalue weighted by molar-refractivity contribution is 5.92. The number of hydrogen-bond donors (Lipinski definition) is 1. The van der Waals surface area contributed by atoms with Crippen molar-refractivity contribution in [1.29, 1.82) is 0 Å². The molecule has 0 fully saturated rings. The van der Waals surface area contributed by atoms with Crippen LogP contribution in [0.1, 0.15) is 5.82 Å². The normalized spacial score (nSPS) is 10.6. The van der Waals surface area contributed by atoms with E-state index < -0.39 is 0 Å². The van der Waals surface area contributed by atoms with Crippen LogP contribution in [0.5, 0.6) is 5.75 Å². The van der Waals surface area contributed by atoms with Crippen molar-refractivity contribution in [3.8, 4) is 5.75 Å². The van der Waals surface area contributed by atoms with Gasteiger partial charge in [0.2, 0.25) is 6.39 Å². The number of ether oxygens (including phenoxy) is 1. The van der Waals surface area contributed by atoms with Gasteiger partial charge in [-0.05, 0) is 29.7 Å². The van der Waals surface area contributed by atoms with Crippen LogP contribution in [0.2, 0.25) is 0 Å². The minimum atomic E-state index is 0.467. The molecule has 0 amide bonds. The zero-order valence-corrected chi connectivity index (χ0v) is 10.3. The first-order chi connectivity index (χ1) is 9.36. The Kier molecular flexibility index (Phi) is 2.97. The molecule has 2 aromatic heterocycles. The fourth-order valence-electron chi connectivity index (χ4n) is 1.86. The van der Waals surface area contributed by atoms with Gasteiger partial charge in [0, 0.05) is 11.6 Å². The SMILES string of the molecule is COc1ccc2c(NCc3ncon3)nccc2c1. The van der Waals surface area contributed by atoms with E-state index in [0.29, 0.717) is 12.4 Å². The number of fused-ring (bicyclic) bond motifs is 1. The van der Waals surface area contributed by atoms with Crippen molar-refractivity contribution in [1.82, 2.24) is 15.1 Å². The van der Waals surface area contributed by atoms with Crippen LogP contribution < -0.4 is 10.1 Å². The standard InChI is InChI=1S/C13H12N4O2/c1-18-10-2-3-11-9(6-10)4-5-14-13(11)15-7-12-16-8-19-17-12/h2-6,8H,7H2,1H3,(H,14,15). The number of nitrogens with one attached hydrogen (secondary N) is 1. The molecule has 0 saturated carbocycles. The molecule has 19 heavy (non-hydrogen) atoms. The summed E-state index contributed by atoms with van der Waals surface area (Å²) >= 11 is 0. The summed E-state index contributed by atoms with van der Waals surface area (Å²) in [4.78, 5) is 8.27. The van der Waals surface area contributed by atoms with Gasteiger partial charge in [-0.25, -0.2) is 4.98 Å². The van der Waals surface area contributed by atoms with Gasteiger partial charge in [-0.3, -0.25) is 0 Å². The molecule has 3 rings (SSSR count). The van der Waals surface area contributed by atoms with Gasteiger partial charge in [-0.15, -0.1) is 0 Å². The van der Waals surface area contributed by atoms with Crippen LogP contribution in [-0.4, -0.2) is 22.2 Å². The molecular weight excluding hydrogens is 244 g/mol. The molecule has 0 unspecified atom stereocenters. The van der Waals surface area contributed by atoms with E-state index in [1.54, 1.807) is 13.3 Å². The van der Waals surface area contributed by atoms with Gasteiger partial charge in [0.25, 0.3) is 0 Å². The smallest absolute Gasteiger partial charge is 0.213 e. The zero-order chi connectivity index (χ0) is 13.1. The lowest BCUT2D eigenvalue weighted by atomic mass is 10.1. The van der Waals surface area contributed by atoms with Crippen molar-refractivity contribution in [2.75, 3.05) is 12.4 Å². The summed E-state index contributed by atoms with van der Waals surface area (Å²) in [6.07, 6.45) is 3.05. The molecular formula is C13H12N4O2. The first kappa shape index (κ1) is 11.5. The molecule has 1 N–H and O–H groups in total. The lowest BCUT2D eigenvalue weighted by Crippen LogP contribution is -2.03. The molecule has 6 heteroatoms. The monoisotopic (exact) mass is 256 g/mol. The Hall–Kier alpha value is -2.63. The van der Waals surface area contributed by atoms with Gasteiger partial charge in [0.1, 0.15) is 11.6 Å². The summed E-state index contributed by atoms with van der Waals surface area (Å²) in [5, 5.41) is 9.01. The summed E-state index contributed by atoms with van der Waals surface area (Å²) in [5.41, 5.74) is 0. The number of rotatable bonds is 4. The quantitative estimate of drug-likeness (QED) is 0.771. The Balaban J connectivity index is 1.90. The molecule has 0 saturated heterocycles. The van der Waals surface area contributed by atoms with Crippen LogP contribution in [0, 0.1) is 0 Å². The highest BCUT2D eigenvalue weighted by Gasteiger charge is 2.05. The number of aromatic nitrogens is 3. The molecule has 0 atom stereocenters. The van der Waals surface area contributed by atoms with Crippen molar-refractivity contribution in [3.05, 3.63) is 42.7 Å². The molecule has 0 spiro atoms. The van der Waals surface area contributed by atoms with Crippen molar-refractivity contribution < 1.29 is 9.26 Å². The number of methoxy groups -OCH3 is 1. The number of pyridine rings is 1. The number of benzene rings is 1. The topological polar surface area (TPSA) is 73.1 Å². The lowest BCUT2D eigenvalue weighted by Gasteiger charge is -2.08. The van der Waals surface area contributed by atoms with E-state index in [2.05, 4.69) is 25.0 Å². The van der Waals surface area contributed by atoms with E-state index in [1.165, 1.54) is 6.39 Å². The molecule has 0 aliphatic rings. The van der Waals surface area contributed by atoms with Crippen molar-refractivity contribution in [2.24, 2.45) is 0 Å². The van der Waals surface area contributed by atoms with E-state index in [9.17, 15) is 0 Å². The van der Waals surface area contributed by atoms with Crippen molar-refractivity contribution in [3.63, 3.8) is 0 Å². The maximum Gasteiger partial charge on any atom is 0.213 e. The van der Waals surface area contributed by atoms with Crippen LogP contribution in [0.15, 0.2) is 41.4 Å². The highest BCUT2D eigenvalue weighted by Crippen LogP contribution is 2.25. The van der Waals surface area contributed by atoms with Crippen LogP contribution in [0.4, 0.5) is 5.82 Å². The second-order valence-electron chi connectivity index (χ2n) is 3.95. The van der Waals surface area contributed by atoms with Gasteiger partial charge < -0.3 is 14.6 Å². The van der Waals surface area contributed by atoms with Gasteiger partial charge in [0.05, 0.1) is 13.7 Å². The third-order valence-electron chi connectivity index (χ3n) is 2.79. The fourth-order valence-corrected chi connectivity index (χ4v) is 1.86. The summed E-state index contributed by atoms with van der Waals surface area (Å²) in [7, 11) is 1.65. The van der Waals surface area contributed by atoms with Crippen molar-refractivity contribution >= 4 is 16.6 Å². The second kappa shape index (κ2) is 4.93. The van der Waals surface area contributed by atoms with Gasteiger partial charge >= 0.3 is 0 Å². The maximum absolute atomic E-state index is 5.21. The Labute approximate surface area is 109 Å².